The van der Waals surface area contributed by atoms with Crippen molar-refractivity contribution in [2.75, 3.05) is 4.72 Å². The number of nitrogens with one attached hydrogen (secondary N) is 1. The average molecular weight is 313 g/mol. The van der Waals surface area contributed by atoms with Crippen LogP contribution in [0.1, 0.15) is 12.6 Å². The predicted octanol–water partition coefficient (Wildman–Crippen LogP) is 2.99. The Morgan fingerprint density at radius 3 is 2.73 bits per heavy atom. The van der Waals surface area contributed by atoms with Gasteiger partial charge in [-0.25, -0.2) is 13.4 Å². The maximum absolute atomic E-state index is 12.6. The van der Waals surface area contributed by atoms with Gasteiger partial charge in [-0.15, -0.1) is 0 Å². The molecule has 0 saturated heterocycles. The summed E-state index contributed by atoms with van der Waals surface area (Å²) in [5, 5.41) is 1.41. The Bertz CT molecular complexity index is 918. The molecule has 0 fully saturated rings. The Balaban J connectivity index is 2.05. The van der Waals surface area contributed by atoms with Gasteiger partial charge in [0.15, 0.2) is 0 Å². The highest BCUT2D eigenvalue weighted by atomic mass is 32.2. The van der Waals surface area contributed by atoms with Crippen LogP contribution in [-0.2, 0) is 16.4 Å². The molecule has 0 aliphatic rings. The Morgan fingerprint density at radius 2 is 1.91 bits per heavy atom. The zero-order chi connectivity index (χ0) is 15.6. The van der Waals surface area contributed by atoms with Gasteiger partial charge in [-0.3, -0.25) is 9.71 Å². The van der Waals surface area contributed by atoms with Gasteiger partial charge in [0.1, 0.15) is 5.82 Å². The Morgan fingerprint density at radius 1 is 1.09 bits per heavy atom. The normalized spacial score (nSPS) is 11.5. The van der Waals surface area contributed by atoms with E-state index in [0.29, 0.717) is 11.2 Å². The minimum atomic E-state index is -3.71. The molecule has 0 amide bonds. The van der Waals surface area contributed by atoms with Crippen LogP contribution in [0.3, 0.4) is 0 Å². The zero-order valence-electron chi connectivity index (χ0n) is 12.0. The number of rotatable bonds is 4. The Kier molecular flexibility index (Phi) is 3.77. The lowest BCUT2D eigenvalue weighted by molar-refractivity contribution is 0.602. The summed E-state index contributed by atoms with van der Waals surface area (Å²) in [5.41, 5.74) is 0.835. The van der Waals surface area contributed by atoms with E-state index in [1.54, 1.807) is 42.7 Å². The number of fused-ring (bicyclic) bond motifs is 1. The number of pyridine rings is 2. The summed E-state index contributed by atoms with van der Waals surface area (Å²) in [7, 11) is -3.71. The topological polar surface area (TPSA) is 72.0 Å². The van der Waals surface area contributed by atoms with Crippen molar-refractivity contribution in [3.63, 3.8) is 0 Å². The lowest BCUT2D eigenvalue weighted by Gasteiger charge is -2.10. The van der Waals surface area contributed by atoms with E-state index in [2.05, 4.69) is 14.7 Å². The van der Waals surface area contributed by atoms with E-state index in [9.17, 15) is 8.42 Å². The summed E-state index contributed by atoms with van der Waals surface area (Å²) in [6.45, 7) is 1.97. The fourth-order valence-electron chi connectivity index (χ4n) is 2.25. The summed E-state index contributed by atoms with van der Waals surface area (Å²) >= 11 is 0. The Labute approximate surface area is 129 Å². The summed E-state index contributed by atoms with van der Waals surface area (Å²) in [4.78, 5) is 8.51. The zero-order valence-corrected chi connectivity index (χ0v) is 12.8. The van der Waals surface area contributed by atoms with Gasteiger partial charge in [0.2, 0.25) is 0 Å². The lowest BCUT2D eigenvalue weighted by atomic mass is 10.2. The SMILES string of the molecule is CCc1cccc(NS(=O)(=O)c2cccc3cnccc23)n1. The number of hydrogen-bond donors (Lipinski definition) is 1. The van der Waals surface area contributed by atoms with E-state index in [1.165, 1.54) is 0 Å². The first-order chi connectivity index (χ1) is 10.6. The lowest BCUT2D eigenvalue weighted by Crippen LogP contribution is -2.14. The van der Waals surface area contributed by atoms with Gasteiger partial charge in [0, 0.05) is 28.9 Å². The maximum Gasteiger partial charge on any atom is 0.263 e. The average Bonchev–Trinajstić information content (AvgIpc) is 2.54. The van der Waals surface area contributed by atoms with Crippen LogP contribution in [0.2, 0.25) is 0 Å². The Hall–Kier alpha value is -2.47. The number of benzene rings is 1. The van der Waals surface area contributed by atoms with Crippen LogP contribution >= 0.6 is 0 Å². The molecule has 1 N–H and O–H groups in total. The van der Waals surface area contributed by atoms with E-state index >= 15 is 0 Å². The molecule has 0 aliphatic carbocycles. The first-order valence-corrected chi connectivity index (χ1v) is 8.40. The number of aromatic nitrogens is 2. The van der Waals surface area contributed by atoms with Gasteiger partial charge in [-0.1, -0.05) is 25.1 Å². The van der Waals surface area contributed by atoms with Crippen LogP contribution < -0.4 is 4.72 Å². The largest absolute Gasteiger partial charge is 0.264 e. The monoisotopic (exact) mass is 313 g/mol. The first kappa shape index (κ1) is 14.5. The van der Waals surface area contributed by atoms with E-state index in [-0.39, 0.29) is 4.90 Å². The molecule has 1 aromatic carbocycles. The molecule has 0 saturated carbocycles. The van der Waals surface area contributed by atoms with E-state index in [4.69, 9.17) is 0 Å². The van der Waals surface area contributed by atoms with Gasteiger partial charge in [-0.2, -0.15) is 0 Å². The second-order valence-electron chi connectivity index (χ2n) is 4.83. The van der Waals surface area contributed by atoms with Gasteiger partial charge in [0.05, 0.1) is 4.90 Å². The molecule has 2 heterocycles. The number of nitrogens with zero attached hydrogens (tertiary/aromatic N) is 2. The smallest absolute Gasteiger partial charge is 0.263 e. The van der Waals surface area contributed by atoms with Gasteiger partial charge >= 0.3 is 0 Å². The molecular weight excluding hydrogens is 298 g/mol. The molecule has 2 aromatic heterocycles. The third-order valence-electron chi connectivity index (χ3n) is 3.34. The van der Waals surface area contributed by atoms with Crippen molar-refractivity contribution < 1.29 is 8.42 Å². The van der Waals surface area contributed by atoms with Crippen LogP contribution in [-0.4, -0.2) is 18.4 Å². The third kappa shape index (κ3) is 2.78. The standard InChI is InChI=1S/C16H15N3O2S/c1-2-13-6-4-8-16(18-13)19-22(20,21)15-7-3-5-12-11-17-10-9-14(12)15/h3-11H,2H2,1H3,(H,18,19). The first-order valence-electron chi connectivity index (χ1n) is 6.91. The number of anilines is 1. The second-order valence-corrected chi connectivity index (χ2v) is 6.48. The fourth-order valence-corrected chi connectivity index (χ4v) is 3.49. The van der Waals surface area contributed by atoms with Crippen molar-refractivity contribution in [2.24, 2.45) is 0 Å². The molecule has 0 spiro atoms. The minimum absolute atomic E-state index is 0.219. The van der Waals surface area contributed by atoms with Gasteiger partial charge in [0.25, 0.3) is 10.0 Å². The number of sulfonamides is 1. The van der Waals surface area contributed by atoms with Crippen LogP contribution in [0, 0.1) is 0 Å². The minimum Gasteiger partial charge on any atom is -0.264 e. The fraction of sp³-hybridized carbons (Fsp3) is 0.125. The quantitative estimate of drug-likeness (QED) is 0.803. The van der Waals surface area contributed by atoms with Crippen molar-refractivity contribution >= 4 is 26.6 Å². The molecule has 22 heavy (non-hydrogen) atoms. The highest BCUT2D eigenvalue weighted by Crippen LogP contribution is 2.23. The second kappa shape index (κ2) is 5.73. The molecule has 6 heteroatoms. The highest BCUT2D eigenvalue weighted by molar-refractivity contribution is 7.93. The van der Waals surface area contributed by atoms with Crippen molar-refractivity contribution in [1.82, 2.24) is 9.97 Å². The molecule has 0 radical (unpaired) electrons. The maximum atomic E-state index is 12.6. The van der Waals surface area contributed by atoms with E-state index in [0.717, 1.165) is 17.5 Å². The highest BCUT2D eigenvalue weighted by Gasteiger charge is 2.17. The molecular formula is C16H15N3O2S. The summed E-state index contributed by atoms with van der Waals surface area (Å²) in [6.07, 6.45) is 3.97. The molecule has 0 atom stereocenters. The molecule has 0 unspecified atom stereocenters. The van der Waals surface area contributed by atoms with Gasteiger partial charge in [-0.05, 0) is 30.7 Å². The van der Waals surface area contributed by atoms with Crippen molar-refractivity contribution in [3.8, 4) is 0 Å². The molecule has 3 rings (SSSR count). The number of aryl methyl sites for hydroxylation is 1. The summed E-state index contributed by atoms with van der Waals surface area (Å²) < 4.78 is 27.8. The van der Waals surface area contributed by atoms with E-state index < -0.39 is 10.0 Å². The number of hydrogen-bond acceptors (Lipinski definition) is 4. The van der Waals surface area contributed by atoms with Crippen molar-refractivity contribution in [2.45, 2.75) is 18.2 Å². The summed E-state index contributed by atoms with van der Waals surface area (Å²) in [5.74, 6) is 0.324. The molecule has 3 aromatic rings. The van der Waals surface area contributed by atoms with Gasteiger partial charge < -0.3 is 0 Å². The molecule has 5 nitrogen and oxygen atoms in total. The van der Waals surface area contributed by atoms with Crippen LogP contribution in [0.25, 0.3) is 10.8 Å². The van der Waals surface area contributed by atoms with Crippen LogP contribution in [0.4, 0.5) is 5.82 Å². The van der Waals surface area contributed by atoms with E-state index in [1.807, 2.05) is 19.1 Å². The van der Waals surface area contributed by atoms with Crippen molar-refractivity contribution in [1.29, 1.82) is 0 Å². The summed E-state index contributed by atoms with van der Waals surface area (Å²) in [6, 6.07) is 12.1. The van der Waals surface area contributed by atoms with Crippen LogP contribution in [0.5, 0.6) is 0 Å². The predicted molar refractivity (Wildman–Crippen MR) is 86.2 cm³/mol. The molecule has 112 valence electrons. The van der Waals surface area contributed by atoms with Crippen LogP contribution in [0.15, 0.2) is 59.8 Å². The van der Waals surface area contributed by atoms with Crippen molar-refractivity contribution in [3.05, 3.63) is 60.6 Å². The third-order valence-corrected chi connectivity index (χ3v) is 4.75. The molecule has 0 aliphatic heterocycles. The molecule has 0 bridgehead atoms.